The Kier molecular flexibility index (Phi) is 4.28. The first kappa shape index (κ1) is 14.8. The van der Waals surface area contributed by atoms with E-state index in [2.05, 4.69) is 37.4 Å². The normalized spacial score (nSPS) is 21.2. The number of carbonyl (C=O) groups is 1. The van der Waals surface area contributed by atoms with Crippen LogP contribution in [0.25, 0.3) is 0 Å². The molecule has 0 bridgehead atoms. The summed E-state index contributed by atoms with van der Waals surface area (Å²) < 4.78 is 0. The minimum atomic E-state index is 0.113. The molecule has 2 nitrogen and oxygen atoms in total. The zero-order valence-electron chi connectivity index (χ0n) is 13.3. The standard InChI is InChI=1S/C20H23NO/c1-14-8-6-7-11-17(14)13-19(22)21-20(18-12-15(18)2)16-9-4-3-5-10-16/h3-11,15,18,20H,12-13H2,1-2H3,(H,21,22). The summed E-state index contributed by atoms with van der Waals surface area (Å²) in [6.45, 7) is 4.31. The number of aryl methyl sites for hydroxylation is 1. The van der Waals surface area contributed by atoms with Crippen molar-refractivity contribution in [3.8, 4) is 0 Å². The molecule has 0 aromatic heterocycles. The highest BCUT2D eigenvalue weighted by Gasteiger charge is 2.40. The van der Waals surface area contributed by atoms with Gasteiger partial charge in [-0.3, -0.25) is 4.79 Å². The van der Waals surface area contributed by atoms with Gasteiger partial charge in [-0.1, -0.05) is 61.5 Å². The van der Waals surface area contributed by atoms with E-state index in [9.17, 15) is 4.79 Å². The summed E-state index contributed by atoms with van der Waals surface area (Å²) in [6, 6.07) is 18.6. The van der Waals surface area contributed by atoms with E-state index in [1.54, 1.807) is 0 Å². The number of benzene rings is 2. The van der Waals surface area contributed by atoms with E-state index in [4.69, 9.17) is 0 Å². The first-order valence-corrected chi connectivity index (χ1v) is 8.04. The molecule has 3 rings (SSSR count). The predicted molar refractivity (Wildman–Crippen MR) is 89.5 cm³/mol. The van der Waals surface area contributed by atoms with E-state index in [1.807, 2.05) is 36.4 Å². The SMILES string of the molecule is Cc1ccccc1CC(=O)NC(c1ccccc1)C1CC1C. The van der Waals surface area contributed by atoms with Crippen molar-refractivity contribution in [1.82, 2.24) is 5.32 Å². The lowest BCUT2D eigenvalue weighted by Crippen LogP contribution is -2.31. The molecular formula is C20H23NO. The van der Waals surface area contributed by atoms with Gasteiger partial charge in [0, 0.05) is 0 Å². The van der Waals surface area contributed by atoms with Crippen molar-refractivity contribution in [1.29, 1.82) is 0 Å². The molecule has 3 atom stereocenters. The average Bonchev–Trinajstić information content (AvgIpc) is 3.25. The Balaban J connectivity index is 1.71. The molecule has 0 aliphatic heterocycles. The monoisotopic (exact) mass is 293 g/mol. The molecule has 2 aromatic rings. The molecule has 1 amide bonds. The molecule has 1 fully saturated rings. The van der Waals surface area contributed by atoms with E-state index in [1.165, 1.54) is 17.5 Å². The van der Waals surface area contributed by atoms with E-state index in [0.29, 0.717) is 18.3 Å². The summed E-state index contributed by atoms with van der Waals surface area (Å²) in [7, 11) is 0. The third-order valence-corrected chi connectivity index (χ3v) is 4.69. The third kappa shape index (κ3) is 3.38. The second-order valence-electron chi connectivity index (χ2n) is 6.44. The van der Waals surface area contributed by atoms with Crippen LogP contribution >= 0.6 is 0 Å². The van der Waals surface area contributed by atoms with Crippen LogP contribution in [0.4, 0.5) is 0 Å². The summed E-state index contributed by atoms with van der Waals surface area (Å²) in [5.74, 6) is 1.38. The molecule has 114 valence electrons. The summed E-state index contributed by atoms with van der Waals surface area (Å²) >= 11 is 0. The highest BCUT2D eigenvalue weighted by atomic mass is 16.1. The molecule has 1 N–H and O–H groups in total. The van der Waals surface area contributed by atoms with E-state index in [0.717, 1.165) is 5.56 Å². The number of carbonyl (C=O) groups excluding carboxylic acids is 1. The van der Waals surface area contributed by atoms with Gasteiger partial charge in [-0.2, -0.15) is 0 Å². The van der Waals surface area contributed by atoms with E-state index in [-0.39, 0.29) is 11.9 Å². The summed E-state index contributed by atoms with van der Waals surface area (Å²) in [5.41, 5.74) is 3.50. The fourth-order valence-corrected chi connectivity index (χ4v) is 3.12. The lowest BCUT2D eigenvalue weighted by atomic mass is 10.00. The number of hydrogen-bond acceptors (Lipinski definition) is 1. The fourth-order valence-electron chi connectivity index (χ4n) is 3.12. The Bertz CT molecular complexity index is 650. The van der Waals surface area contributed by atoms with E-state index >= 15 is 0 Å². The molecule has 1 aliphatic carbocycles. The average molecular weight is 293 g/mol. The van der Waals surface area contributed by atoms with Crippen LogP contribution in [0.5, 0.6) is 0 Å². The fraction of sp³-hybridized carbons (Fsp3) is 0.350. The van der Waals surface area contributed by atoms with Crippen LogP contribution in [0.15, 0.2) is 54.6 Å². The maximum Gasteiger partial charge on any atom is 0.224 e. The van der Waals surface area contributed by atoms with Gasteiger partial charge in [-0.25, -0.2) is 0 Å². The largest absolute Gasteiger partial charge is 0.349 e. The third-order valence-electron chi connectivity index (χ3n) is 4.69. The minimum Gasteiger partial charge on any atom is -0.349 e. The molecule has 0 radical (unpaired) electrons. The van der Waals surface area contributed by atoms with Crippen molar-refractivity contribution in [3.63, 3.8) is 0 Å². The van der Waals surface area contributed by atoms with Crippen LogP contribution in [0.2, 0.25) is 0 Å². The van der Waals surface area contributed by atoms with Crippen LogP contribution in [0, 0.1) is 18.8 Å². The highest BCUT2D eigenvalue weighted by Crippen LogP contribution is 2.46. The van der Waals surface area contributed by atoms with Crippen molar-refractivity contribution < 1.29 is 4.79 Å². The second-order valence-corrected chi connectivity index (χ2v) is 6.44. The molecule has 1 aliphatic rings. The van der Waals surface area contributed by atoms with Gasteiger partial charge < -0.3 is 5.32 Å². The highest BCUT2D eigenvalue weighted by molar-refractivity contribution is 5.79. The van der Waals surface area contributed by atoms with Gasteiger partial charge in [0.05, 0.1) is 12.5 Å². The molecule has 22 heavy (non-hydrogen) atoms. The first-order valence-electron chi connectivity index (χ1n) is 8.04. The number of hydrogen-bond donors (Lipinski definition) is 1. The predicted octanol–water partition coefficient (Wildman–Crippen LogP) is 4.05. The van der Waals surface area contributed by atoms with Crippen LogP contribution in [0.3, 0.4) is 0 Å². The van der Waals surface area contributed by atoms with Gasteiger partial charge in [0.2, 0.25) is 5.91 Å². The number of rotatable bonds is 5. The topological polar surface area (TPSA) is 29.1 Å². The Morgan fingerprint density at radius 2 is 1.77 bits per heavy atom. The smallest absolute Gasteiger partial charge is 0.224 e. The zero-order chi connectivity index (χ0) is 15.5. The van der Waals surface area contributed by atoms with E-state index < -0.39 is 0 Å². The lowest BCUT2D eigenvalue weighted by molar-refractivity contribution is -0.121. The maximum atomic E-state index is 12.5. The quantitative estimate of drug-likeness (QED) is 0.885. The molecule has 3 unspecified atom stereocenters. The summed E-state index contributed by atoms with van der Waals surface area (Å²) in [5, 5.41) is 3.26. The van der Waals surface area contributed by atoms with Gasteiger partial charge >= 0.3 is 0 Å². The maximum absolute atomic E-state index is 12.5. The van der Waals surface area contributed by atoms with Crippen molar-refractivity contribution in [2.75, 3.05) is 0 Å². The van der Waals surface area contributed by atoms with Crippen LogP contribution in [-0.4, -0.2) is 5.91 Å². The summed E-state index contributed by atoms with van der Waals surface area (Å²) in [6.07, 6.45) is 1.65. The van der Waals surface area contributed by atoms with Crippen LogP contribution in [0.1, 0.15) is 36.1 Å². The zero-order valence-corrected chi connectivity index (χ0v) is 13.3. The van der Waals surface area contributed by atoms with Crippen LogP contribution < -0.4 is 5.32 Å². The molecule has 1 saturated carbocycles. The van der Waals surface area contributed by atoms with Gasteiger partial charge in [0.1, 0.15) is 0 Å². The lowest BCUT2D eigenvalue weighted by Gasteiger charge is -2.20. The van der Waals surface area contributed by atoms with Crippen molar-refractivity contribution in [2.24, 2.45) is 11.8 Å². The van der Waals surface area contributed by atoms with Crippen molar-refractivity contribution in [2.45, 2.75) is 32.7 Å². The van der Waals surface area contributed by atoms with Gasteiger partial charge in [0.15, 0.2) is 0 Å². The Hall–Kier alpha value is -2.09. The molecular weight excluding hydrogens is 270 g/mol. The first-order chi connectivity index (χ1) is 10.6. The number of nitrogens with one attached hydrogen (secondary N) is 1. The van der Waals surface area contributed by atoms with Gasteiger partial charge in [-0.15, -0.1) is 0 Å². The Morgan fingerprint density at radius 3 is 2.41 bits per heavy atom. The molecule has 2 aromatic carbocycles. The molecule has 0 saturated heterocycles. The van der Waals surface area contributed by atoms with Crippen LogP contribution in [-0.2, 0) is 11.2 Å². The van der Waals surface area contributed by atoms with Gasteiger partial charge in [0.25, 0.3) is 0 Å². The number of amides is 1. The Labute approximate surface area is 132 Å². The molecule has 0 heterocycles. The summed E-state index contributed by atoms with van der Waals surface area (Å²) in [4.78, 5) is 12.5. The second kappa shape index (κ2) is 6.35. The van der Waals surface area contributed by atoms with Crippen molar-refractivity contribution >= 4 is 5.91 Å². The minimum absolute atomic E-state index is 0.113. The Morgan fingerprint density at radius 1 is 1.14 bits per heavy atom. The van der Waals surface area contributed by atoms with Crippen molar-refractivity contribution in [3.05, 3.63) is 71.3 Å². The molecule has 0 spiro atoms. The van der Waals surface area contributed by atoms with Gasteiger partial charge in [-0.05, 0) is 41.9 Å². The molecule has 2 heteroatoms.